The molecule has 0 amide bonds. The number of hydrogen-bond donors (Lipinski definition) is 0. The maximum atomic E-state index is 12.9. The number of Topliss-reactive ketones (excluding diaryl/α,β-unsaturated/α-hetero) is 1. The molecule has 1 fully saturated rings. The van der Waals surface area contributed by atoms with Crippen LogP contribution in [0.5, 0.6) is 5.75 Å². The van der Waals surface area contributed by atoms with Gasteiger partial charge < -0.3 is 9.47 Å². The molecule has 0 atom stereocenters. The second kappa shape index (κ2) is 8.71. The fourth-order valence-corrected chi connectivity index (χ4v) is 4.70. The zero-order chi connectivity index (χ0) is 21.0. The average Bonchev–Trinajstić information content (AvgIpc) is 3.27. The quantitative estimate of drug-likeness (QED) is 0.504. The van der Waals surface area contributed by atoms with Crippen LogP contribution in [0.3, 0.4) is 0 Å². The van der Waals surface area contributed by atoms with Gasteiger partial charge in [-0.05, 0) is 55.3 Å². The summed E-state index contributed by atoms with van der Waals surface area (Å²) in [7, 11) is -2.47. The summed E-state index contributed by atoms with van der Waals surface area (Å²) >= 11 is 0. The van der Waals surface area contributed by atoms with Crippen molar-refractivity contribution in [3.8, 4) is 5.75 Å². The molecule has 1 aliphatic heterocycles. The fourth-order valence-electron chi connectivity index (χ4n) is 3.01. The van der Waals surface area contributed by atoms with Crippen LogP contribution in [0.4, 0.5) is 4.39 Å². The van der Waals surface area contributed by atoms with Gasteiger partial charge in [0, 0.05) is 18.7 Å². The molecule has 0 bridgehead atoms. The van der Waals surface area contributed by atoms with E-state index in [0.29, 0.717) is 13.1 Å². The molecule has 7 nitrogen and oxygen atoms in total. The van der Waals surface area contributed by atoms with E-state index in [4.69, 9.17) is 9.47 Å². The molecular formula is C20H20FNO6S. The predicted octanol–water partition coefficient (Wildman–Crippen LogP) is 2.66. The number of carbonyl (C=O) groups is 2. The lowest BCUT2D eigenvalue weighted by atomic mass is 10.1. The Morgan fingerprint density at radius 2 is 1.66 bits per heavy atom. The summed E-state index contributed by atoms with van der Waals surface area (Å²) in [5.41, 5.74) is 0.182. The van der Waals surface area contributed by atoms with Gasteiger partial charge in [-0.15, -0.1) is 0 Å². The molecule has 0 unspecified atom stereocenters. The van der Waals surface area contributed by atoms with Crippen molar-refractivity contribution < 1.29 is 31.9 Å². The number of esters is 1. The second-order valence-corrected chi connectivity index (χ2v) is 8.39. The van der Waals surface area contributed by atoms with Crippen molar-refractivity contribution in [1.29, 1.82) is 0 Å². The summed E-state index contributed by atoms with van der Waals surface area (Å²) in [4.78, 5) is 24.3. The molecule has 1 saturated heterocycles. The first-order valence-corrected chi connectivity index (χ1v) is 10.4. The summed E-state index contributed by atoms with van der Waals surface area (Å²) < 4.78 is 50.2. The van der Waals surface area contributed by atoms with Crippen LogP contribution in [0.15, 0.2) is 47.4 Å². The van der Waals surface area contributed by atoms with E-state index in [1.54, 1.807) is 0 Å². The number of ketones is 1. The molecule has 0 saturated carbocycles. The molecule has 2 aromatic rings. The molecule has 154 valence electrons. The summed E-state index contributed by atoms with van der Waals surface area (Å²) in [5, 5.41) is 0. The lowest BCUT2D eigenvalue weighted by molar-refractivity contribution is 0.0474. The third-order valence-electron chi connectivity index (χ3n) is 4.58. The Morgan fingerprint density at radius 3 is 2.28 bits per heavy atom. The van der Waals surface area contributed by atoms with Crippen molar-refractivity contribution in [2.24, 2.45) is 0 Å². The van der Waals surface area contributed by atoms with Gasteiger partial charge in [0.25, 0.3) is 0 Å². The van der Waals surface area contributed by atoms with Crippen molar-refractivity contribution in [3.05, 3.63) is 59.4 Å². The van der Waals surface area contributed by atoms with Crippen molar-refractivity contribution in [3.63, 3.8) is 0 Å². The van der Waals surface area contributed by atoms with E-state index >= 15 is 0 Å². The smallest absolute Gasteiger partial charge is 0.338 e. The number of nitrogens with zero attached hydrogens (tertiary/aromatic N) is 1. The minimum absolute atomic E-state index is 0.0181. The summed E-state index contributed by atoms with van der Waals surface area (Å²) in [5.74, 6) is -1.71. The van der Waals surface area contributed by atoms with E-state index in [2.05, 4.69) is 0 Å². The van der Waals surface area contributed by atoms with Crippen LogP contribution in [-0.4, -0.2) is 51.3 Å². The molecule has 9 heteroatoms. The van der Waals surface area contributed by atoms with Crippen LogP contribution in [0.1, 0.15) is 33.6 Å². The van der Waals surface area contributed by atoms with E-state index in [-0.39, 0.29) is 21.8 Å². The minimum atomic E-state index is -3.82. The molecule has 0 aliphatic carbocycles. The van der Waals surface area contributed by atoms with Gasteiger partial charge in [-0.2, -0.15) is 4.31 Å². The van der Waals surface area contributed by atoms with Crippen LogP contribution in [-0.2, 0) is 14.8 Å². The predicted molar refractivity (Wildman–Crippen MR) is 102 cm³/mol. The molecule has 29 heavy (non-hydrogen) atoms. The largest absolute Gasteiger partial charge is 0.495 e. The molecule has 2 aromatic carbocycles. The molecule has 0 spiro atoms. The SMILES string of the molecule is COc1ccc(C(=O)OCC(=O)c2ccc(F)cc2)cc1S(=O)(=O)N1CCCC1. The van der Waals surface area contributed by atoms with Gasteiger partial charge in [-0.3, -0.25) is 4.79 Å². The molecule has 0 aromatic heterocycles. The first-order valence-electron chi connectivity index (χ1n) is 8.97. The van der Waals surface area contributed by atoms with Crippen molar-refractivity contribution in [2.75, 3.05) is 26.8 Å². The highest BCUT2D eigenvalue weighted by molar-refractivity contribution is 7.89. The zero-order valence-electron chi connectivity index (χ0n) is 15.8. The highest BCUT2D eigenvalue weighted by Crippen LogP contribution is 2.30. The Labute approximate surface area is 168 Å². The van der Waals surface area contributed by atoms with Gasteiger partial charge in [0.05, 0.1) is 12.7 Å². The summed E-state index contributed by atoms with van der Waals surface area (Å²) in [6.45, 7) is 0.267. The number of hydrogen-bond acceptors (Lipinski definition) is 6. The van der Waals surface area contributed by atoms with E-state index in [0.717, 1.165) is 25.0 Å². The number of halogens is 1. The molecule has 1 heterocycles. The van der Waals surface area contributed by atoms with Crippen LogP contribution in [0.25, 0.3) is 0 Å². The van der Waals surface area contributed by atoms with Crippen molar-refractivity contribution in [1.82, 2.24) is 4.31 Å². The number of benzene rings is 2. The van der Waals surface area contributed by atoms with E-state index in [1.807, 2.05) is 0 Å². The number of sulfonamides is 1. The van der Waals surface area contributed by atoms with Crippen LogP contribution in [0.2, 0.25) is 0 Å². The molecule has 3 rings (SSSR count). The number of carbonyl (C=O) groups excluding carboxylic acids is 2. The van der Waals surface area contributed by atoms with Crippen molar-refractivity contribution >= 4 is 21.8 Å². The molecule has 1 aliphatic rings. The van der Waals surface area contributed by atoms with E-state index in [9.17, 15) is 22.4 Å². The summed E-state index contributed by atoms with van der Waals surface area (Å²) in [6.07, 6.45) is 1.55. The van der Waals surface area contributed by atoms with Crippen LogP contribution < -0.4 is 4.74 Å². The second-order valence-electron chi connectivity index (χ2n) is 6.48. The third-order valence-corrected chi connectivity index (χ3v) is 6.50. The molecule has 0 radical (unpaired) electrons. The van der Waals surface area contributed by atoms with Crippen molar-refractivity contribution in [2.45, 2.75) is 17.7 Å². The van der Waals surface area contributed by atoms with Gasteiger partial charge in [-0.1, -0.05) is 0 Å². The normalized spacial score (nSPS) is 14.6. The van der Waals surface area contributed by atoms with Gasteiger partial charge in [-0.25, -0.2) is 17.6 Å². The lowest BCUT2D eigenvalue weighted by Gasteiger charge is -2.18. The van der Waals surface area contributed by atoms with Gasteiger partial charge in [0.1, 0.15) is 16.5 Å². The van der Waals surface area contributed by atoms with Crippen LogP contribution >= 0.6 is 0 Å². The minimum Gasteiger partial charge on any atom is -0.495 e. The topological polar surface area (TPSA) is 90.0 Å². The average molecular weight is 421 g/mol. The third kappa shape index (κ3) is 4.63. The standard InChI is InChI=1S/C20H20FNO6S/c1-27-18-9-6-15(12-19(18)29(25,26)22-10-2-3-11-22)20(24)28-13-17(23)14-4-7-16(21)8-5-14/h4-9,12H,2-3,10-11,13H2,1H3. The highest BCUT2D eigenvalue weighted by atomic mass is 32.2. The number of methoxy groups -OCH3 is 1. The number of rotatable bonds is 7. The highest BCUT2D eigenvalue weighted by Gasteiger charge is 2.31. The van der Waals surface area contributed by atoms with E-state index in [1.165, 1.54) is 41.7 Å². The Hall–Kier alpha value is -2.78. The first kappa shape index (κ1) is 20.9. The zero-order valence-corrected chi connectivity index (χ0v) is 16.6. The Kier molecular flexibility index (Phi) is 6.29. The van der Waals surface area contributed by atoms with Gasteiger partial charge in [0.2, 0.25) is 10.0 Å². The van der Waals surface area contributed by atoms with E-state index < -0.39 is 34.2 Å². The van der Waals surface area contributed by atoms with Gasteiger partial charge in [0.15, 0.2) is 12.4 Å². The van der Waals surface area contributed by atoms with Gasteiger partial charge >= 0.3 is 5.97 Å². The van der Waals surface area contributed by atoms with Crippen LogP contribution in [0, 0.1) is 5.82 Å². The molecular weight excluding hydrogens is 401 g/mol. The first-order chi connectivity index (χ1) is 13.8. The maximum Gasteiger partial charge on any atom is 0.338 e. The monoisotopic (exact) mass is 421 g/mol. The number of ether oxygens (including phenoxy) is 2. The maximum absolute atomic E-state index is 12.9. The molecule has 0 N–H and O–H groups in total. The fraction of sp³-hybridized carbons (Fsp3) is 0.300. The summed E-state index contributed by atoms with van der Waals surface area (Å²) in [6, 6.07) is 8.78. The Balaban J connectivity index is 1.77. The Bertz CT molecular complexity index is 1010. The Morgan fingerprint density at radius 1 is 1.03 bits per heavy atom. The lowest BCUT2D eigenvalue weighted by Crippen LogP contribution is -2.28.